The maximum absolute atomic E-state index is 13.5. The van der Waals surface area contributed by atoms with Crippen LogP contribution in [-0.2, 0) is 10.2 Å². The van der Waals surface area contributed by atoms with Gasteiger partial charge < -0.3 is 15.8 Å². The second kappa shape index (κ2) is 6.17. The summed E-state index contributed by atoms with van der Waals surface area (Å²) in [5.74, 6) is -0.824. The van der Waals surface area contributed by atoms with Gasteiger partial charge >= 0.3 is 0 Å². The van der Waals surface area contributed by atoms with Gasteiger partial charge in [-0.25, -0.2) is 0 Å². The molecule has 3 heterocycles. The molecule has 2 aliphatic heterocycles. The van der Waals surface area contributed by atoms with Gasteiger partial charge in [-0.1, -0.05) is 29.8 Å². The van der Waals surface area contributed by atoms with Crippen molar-refractivity contribution >= 4 is 17.3 Å². The molecule has 1 spiro atoms. The van der Waals surface area contributed by atoms with Crippen molar-refractivity contribution in [2.24, 2.45) is 5.73 Å². The average molecular weight is 414 g/mol. The zero-order valence-corrected chi connectivity index (χ0v) is 16.1. The van der Waals surface area contributed by atoms with E-state index in [-0.39, 0.29) is 34.2 Å². The number of ether oxygens (including phenoxy) is 1. The third kappa shape index (κ3) is 2.31. The summed E-state index contributed by atoms with van der Waals surface area (Å²) in [4.78, 5) is 24.4. The molecule has 10 heteroatoms. The zero-order valence-electron chi connectivity index (χ0n) is 16.1. The number of aromatic nitrogens is 2. The van der Waals surface area contributed by atoms with Gasteiger partial charge in [0, 0.05) is 28.9 Å². The molecule has 0 unspecified atom stereocenters. The Morgan fingerprint density at radius 3 is 2.68 bits per heavy atom. The number of nitriles is 1. The van der Waals surface area contributed by atoms with Crippen molar-refractivity contribution in [1.29, 1.82) is 5.26 Å². The fourth-order valence-electron chi connectivity index (χ4n) is 4.18. The minimum Gasteiger partial charge on any atom is -0.420 e. The third-order valence-electron chi connectivity index (χ3n) is 5.59. The van der Waals surface area contributed by atoms with E-state index in [2.05, 4.69) is 15.5 Å². The Morgan fingerprint density at radius 2 is 2.00 bits per heavy atom. The first kappa shape index (κ1) is 18.4. The maximum Gasteiger partial charge on any atom is 0.269 e. The molecule has 1 aromatic heterocycles. The molecule has 0 bridgehead atoms. The van der Waals surface area contributed by atoms with Crippen LogP contribution in [0.4, 0.5) is 11.4 Å². The second-order valence-electron chi connectivity index (χ2n) is 7.29. The number of hydrogen-bond donors (Lipinski definition) is 3. The highest BCUT2D eigenvalue weighted by Gasteiger charge is 2.59. The number of H-pyrrole nitrogens is 1. The Bertz CT molecular complexity index is 1370. The van der Waals surface area contributed by atoms with Crippen LogP contribution in [-0.4, -0.2) is 21.0 Å². The van der Waals surface area contributed by atoms with Gasteiger partial charge in [-0.15, -0.1) is 5.10 Å². The number of anilines is 1. The Kier molecular flexibility index (Phi) is 3.66. The summed E-state index contributed by atoms with van der Waals surface area (Å²) >= 11 is 0. The number of rotatable bonds is 2. The molecule has 2 aromatic carbocycles. The van der Waals surface area contributed by atoms with Gasteiger partial charge in [0.1, 0.15) is 17.1 Å². The molecule has 0 saturated carbocycles. The molecule has 1 amide bonds. The van der Waals surface area contributed by atoms with Crippen molar-refractivity contribution < 1.29 is 14.5 Å². The van der Waals surface area contributed by atoms with Crippen LogP contribution in [0.25, 0.3) is 11.3 Å². The van der Waals surface area contributed by atoms with Gasteiger partial charge in [0.15, 0.2) is 0 Å². The van der Waals surface area contributed by atoms with Gasteiger partial charge in [-0.05, 0) is 13.0 Å². The first-order chi connectivity index (χ1) is 14.9. The quantitative estimate of drug-likeness (QED) is 0.429. The van der Waals surface area contributed by atoms with Crippen LogP contribution in [0.15, 0.2) is 53.9 Å². The normalized spacial score (nSPS) is 18.8. The maximum atomic E-state index is 13.5. The molecule has 0 saturated heterocycles. The monoisotopic (exact) mass is 414 g/mol. The van der Waals surface area contributed by atoms with E-state index in [0.29, 0.717) is 16.9 Å². The van der Waals surface area contributed by atoms with Crippen LogP contribution in [0.3, 0.4) is 0 Å². The number of carbonyl (C=O) groups excluding carboxylic acids is 1. The number of nitrogens with one attached hydrogen (secondary N) is 2. The van der Waals surface area contributed by atoms with Gasteiger partial charge in [0.25, 0.3) is 5.69 Å². The molecule has 5 rings (SSSR count). The van der Waals surface area contributed by atoms with E-state index in [1.807, 2.05) is 37.3 Å². The van der Waals surface area contributed by atoms with Crippen molar-refractivity contribution in [3.8, 4) is 23.2 Å². The Balaban J connectivity index is 1.89. The number of nitro groups is 1. The number of hydrogen-bond acceptors (Lipinski definition) is 7. The minimum atomic E-state index is -1.75. The van der Waals surface area contributed by atoms with Gasteiger partial charge in [-0.3, -0.25) is 20.0 Å². The highest BCUT2D eigenvalue weighted by atomic mass is 16.6. The summed E-state index contributed by atoms with van der Waals surface area (Å²) in [6.45, 7) is 1.94. The van der Waals surface area contributed by atoms with Crippen molar-refractivity contribution in [1.82, 2.24) is 10.2 Å². The molecule has 1 atom stereocenters. The summed E-state index contributed by atoms with van der Waals surface area (Å²) in [5, 5.41) is 31.2. The molecule has 0 radical (unpaired) electrons. The summed E-state index contributed by atoms with van der Waals surface area (Å²) in [5.41, 5.74) is 6.92. The van der Waals surface area contributed by atoms with Crippen LogP contribution < -0.4 is 15.8 Å². The number of benzene rings is 2. The number of amides is 1. The molecular weight excluding hydrogens is 400 g/mol. The zero-order chi connectivity index (χ0) is 21.9. The fraction of sp³-hybridized carbons (Fsp3) is 0.0952. The predicted octanol–water partition coefficient (Wildman–Crippen LogP) is 2.62. The number of carbonyl (C=O) groups is 1. The first-order valence-electron chi connectivity index (χ1n) is 9.22. The molecule has 3 aromatic rings. The molecular formula is C21H14N6O4. The Morgan fingerprint density at radius 1 is 1.26 bits per heavy atom. The minimum absolute atomic E-state index is 0.0292. The number of aromatic amines is 1. The van der Waals surface area contributed by atoms with Gasteiger partial charge in [-0.2, -0.15) is 5.26 Å². The van der Waals surface area contributed by atoms with E-state index in [1.165, 1.54) is 18.2 Å². The standard InChI is InChI=1S/C21H14N6O4/c1-10-2-4-11(5-3-10)17-16-19(26-25-17)31-18(23)14(9-22)21(16)13-8-12(27(29)30)6-7-15(13)24-20(21)28/h2-8H,23H2,1H3,(H,24,28)(H,25,26)/t21-/m0/s1. The Labute approximate surface area is 175 Å². The van der Waals surface area contributed by atoms with E-state index in [1.54, 1.807) is 0 Å². The summed E-state index contributed by atoms with van der Waals surface area (Å²) in [6, 6.07) is 13.4. The Hall–Kier alpha value is -4.65. The lowest BCUT2D eigenvalue weighted by Gasteiger charge is -2.31. The number of fused-ring (bicyclic) bond motifs is 4. The van der Waals surface area contributed by atoms with Crippen LogP contribution in [0.5, 0.6) is 5.88 Å². The average Bonchev–Trinajstić information content (AvgIpc) is 3.28. The molecule has 0 aliphatic carbocycles. The number of nitrogens with two attached hydrogens (primary N) is 1. The van der Waals surface area contributed by atoms with Crippen molar-refractivity contribution in [2.45, 2.75) is 12.3 Å². The van der Waals surface area contributed by atoms with Crippen LogP contribution in [0.1, 0.15) is 16.7 Å². The first-order valence-corrected chi connectivity index (χ1v) is 9.22. The van der Waals surface area contributed by atoms with E-state index in [0.717, 1.165) is 5.56 Å². The topological polar surface area (TPSA) is 160 Å². The number of aryl methyl sites for hydroxylation is 1. The largest absolute Gasteiger partial charge is 0.420 e. The summed E-state index contributed by atoms with van der Waals surface area (Å²) in [7, 11) is 0. The summed E-state index contributed by atoms with van der Waals surface area (Å²) in [6.07, 6.45) is 0. The SMILES string of the molecule is Cc1ccc(-c2[nH]nc3c2[C@@]2(C(=O)Nc4ccc([N+](=O)[O-])cc42)C(C#N)=C(N)O3)cc1. The molecule has 31 heavy (non-hydrogen) atoms. The third-order valence-corrected chi connectivity index (χ3v) is 5.59. The molecule has 2 aliphatic rings. The lowest BCUT2D eigenvalue weighted by molar-refractivity contribution is -0.384. The van der Waals surface area contributed by atoms with Gasteiger partial charge in [0.05, 0.1) is 16.2 Å². The van der Waals surface area contributed by atoms with Crippen molar-refractivity contribution in [2.75, 3.05) is 5.32 Å². The molecule has 152 valence electrons. The van der Waals surface area contributed by atoms with Gasteiger partial charge in [0.2, 0.25) is 17.7 Å². The van der Waals surface area contributed by atoms with E-state index >= 15 is 0 Å². The van der Waals surface area contributed by atoms with Crippen LogP contribution >= 0.6 is 0 Å². The smallest absolute Gasteiger partial charge is 0.269 e. The van der Waals surface area contributed by atoms with Crippen LogP contribution in [0.2, 0.25) is 0 Å². The number of nitro benzene ring substituents is 1. The van der Waals surface area contributed by atoms with E-state index in [9.17, 15) is 20.2 Å². The highest BCUT2D eigenvalue weighted by Crippen LogP contribution is 2.55. The fourth-order valence-corrected chi connectivity index (χ4v) is 4.18. The second-order valence-corrected chi connectivity index (χ2v) is 7.29. The number of non-ortho nitro benzene ring substituents is 1. The molecule has 4 N–H and O–H groups in total. The summed E-state index contributed by atoms with van der Waals surface area (Å²) < 4.78 is 5.57. The van der Waals surface area contributed by atoms with Crippen molar-refractivity contribution in [3.05, 3.63) is 80.7 Å². The highest BCUT2D eigenvalue weighted by molar-refractivity contribution is 6.13. The van der Waals surface area contributed by atoms with E-state index < -0.39 is 16.2 Å². The lowest BCUT2D eigenvalue weighted by Crippen LogP contribution is -2.42. The number of nitrogens with zero attached hydrogens (tertiary/aromatic N) is 3. The predicted molar refractivity (Wildman–Crippen MR) is 109 cm³/mol. The van der Waals surface area contributed by atoms with Crippen LogP contribution in [0, 0.1) is 28.4 Å². The lowest BCUT2D eigenvalue weighted by atomic mass is 9.68. The van der Waals surface area contributed by atoms with E-state index in [4.69, 9.17) is 10.5 Å². The molecule has 10 nitrogen and oxygen atoms in total. The van der Waals surface area contributed by atoms with Crippen molar-refractivity contribution in [3.63, 3.8) is 0 Å². The molecule has 0 fully saturated rings.